The van der Waals surface area contributed by atoms with Crippen LogP contribution in [-0.4, -0.2) is 45.1 Å². The maximum Gasteiger partial charge on any atom is 0.274 e. The fourth-order valence-electron chi connectivity index (χ4n) is 2.03. The van der Waals surface area contributed by atoms with Gasteiger partial charge in [0.1, 0.15) is 5.70 Å². The molecule has 1 aromatic rings. The number of ether oxygens (including phenoxy) is 3. The second-order valence-electron chi connectivity index (χ2n) is 4.35. The second-order valence-corrected chi connectivity index (χ2v) is 4.35. The van der Waals surface area contributed by atoms with Gasteiger partial charge < -0.3 is 19.1 Å². The monoisotopic (exact) mass is 291 g/mol. The third-order valence-electron chi connectivity index (χ3n) is 3.15. The molecule has 1 fully saturated rings. The van der Waals surface area contributed by atoms with E-state index in [1.54, 1.807) is 25.3 Å². The summed E-state index contributed by atoms with van der Waals surface area (Å²) in [5.74, 6) is 1.20. The van der Waals surface area contributed by atoms with Gasteiger partial charge in [-0.2, -0.15) is 0 Å². The van der Waals surface area contributed by atoms with E-state index in [1.165, 1.54) is 26.2 Å². The molecule has 1 saturated heterocycles. The molecule has 1 aliphatic rings. The van der Waals surface area contributed by atoms with Crippen molar-refractivity contribution in [2.75, 3.05) is 28.4 Å². The molecule has 1 aromatic carbocycles. The Morgan fingerprint density at radius 1 is 1.14 bits per heavy atom. The average molecular weight is 291 g/mol. The number of nitrogens with one attached hydrogen (secondary N) is 2. The minimum absolute atomic E-state index is 0.0405. The maximum absolute atomic E-state index is 11.8. The standard InChI is InChI=1S/C14H17N3O4/c1-17-9(13(18)16-14(17)15)5-8-6-10(19-2)12(21-4)11(7-8)20-3/h5-7H,1-4H3,(H2,15,16,18)/b9-5+. The average Bonchev–Trinajstić information content (AvgIpc) is 2.72. The van der Waals surface area contributed by atoms with Crippen LogP contribution in [0.3, 0.4) is 0 Å². The van der Waals surface area contributed by atoms with Crippen molar-refractivity contribution in [3.8, 4) is 17.2 Å². The number of methoxy groups -OCH3 is 3. The Hall–Kier alpha value is -2.70. The summed E-state index contributed by atoms with van der Waals surface area (Å²) in [6.45, 7) is 0. The first-order chi connectivity index (χ1) is 10.0. The molecule has 2 rings (SSSR count). The highest BCUT2D eigenvalue weighted by molar-refractivity contribution is 6.14. The van der Waals surface area contributed by atoms with Gasteiger partial charge in [-0.3, -0.25) is 15.5 Å². The largest absolute Gasteiger partial charge is 0.493 e. The van der Waals surface area contributed by atoms with Crippen LogP contribution in [-0.2, 0) is 4.79 Å². The highest BCUT2D eigenvalue weighted by atomic mass is 16.5. The Morgan fingerprint density at radius 2 is 1.71 bits per heavy atom. The summed E-state index contributed by atoms with van der Waals surface area (Å²) in [5, 5.41) is 10.0. The fraction of sp³-hybridized carbons (Fsp3) is 0.286. The number of carbonyl (C=O) groups excluding carboxylic acids is 1. The Morgan fingerprint density at radius 3 is 2.10 bits per heavy atom. The minimum Gasteiger partial charge on any atom is -0.493 e. The smallest absolute Gasteiger partial charge is 0.274 e. The van der Waals surface area contributed by atoms with Crippen molar-refractivity contribution in [3.05, 3.63) is 23.4 Å². The van der Waals surface area contributed by atoms with Gasteiger partial charge in [-0.1, -0.05) is 0 Å². The normalized spacial score (nSPS) is 16.2. The quantitative estimate of drug-likeness (QED) is 0.810. The van der Waals surface area contributed by atoms with E-state index in [2.05, 4.69) is 5.32 Å². The molecule has 7 heteroatoms. The van der Waals surface area contributed by atoms with Crippen LogP contribution in [0.2, 0.25) is 0 Å². The summed E-state index contributed by atoms with van der Waals surface area (Å²) < 4.78 is 15.8. The molecule has 1 aliphatic heterocycles. The van der Waals surface area contributed by atoms with Gasteiger partial charge in [-0.05, 0) is 23.8 Å². The van der Waals surface area contributed by atoms with E-state index in [1.807, 2.05) is 0 Å². The van der Waals surface area contributed by atoms with E-state index in [4.69, 9.17) is 19.6 Å². The van der Waals surface area contributed by atoms with Gasteiger partial charge in [0.25, 0.3) is 5.91 Å². The molecular formula is C14H17N3O4. The summed E-state index contributed by atoms with van der Waals surface area (Å²) in [6.07, 6.45) is 1.65. The van der Waals surface area contributed by atoms with Crippen molar-refractivity contribution in [2.45, 2.75) is 0 Å². The number of benzene rings is 1. The highest BCUT2D eigenvalue weighted by Crippen LogP contribution is 2.38. The third kappa shape index (κ3) is 2.62. The molecule has 0 bridgehead atoms. The molecule has 0 radical (unpaired) electrons. The van der Waals surface area contributed by atoms with Crippen molar-refractivity contribution >= 4 is 17.9 Å². The van der Waals surface area contributed by atoms with Gasteiger partial charge in [0, 0.05) is 7.05 Å². The number of hydrogen-bond acceptors (Lipinski definition) is 5. The Balaban J connectivity index is 2.50. The molecule has 0 spiro atoms. The van der Waals surface area contributed by atoms with Crippen LogP contribution in [0.5, 0.6) is 17.2 Å². The van der Waals surface area contributed by atoms with Crippen LogP contribution in [0.15, 0.2) is 17.8 Å². The molecule has 1 heterocycles. The van der Waals surface area contributed by atoms with E-state index in [0.29, 0.717) is 28.5 Å². The molecule has 112 valence electrons. The molecule has 0 saturated carbocycles. The number of guanidine groups is 1. The lowest BCUT2D eigenvalue weighted by atomic mass is 10.1. The van der Waals surface area contributed by atoms with Crippen LogP contribution >= 0.6 is 0 Å². The molecular weight excluding hydrogens is 274 g/mol. The lowest BCUT2D eigenvalue weighted by Crippen LogP contribution is -2.25. The fourth-order valence-corrected chi connectivity index (χ4v) is 2.03. The van der Waals surface area contributed by atoms with Gasteiger partial charge in [0.05, 0.1) is 21.3 Å². The summed E-state index contributed by atoms with van der Waals surface area (Å²) in [5.41, 5.74) is 1.07. The summed E-state index contributed by atoms with van der Waals surface area (Å²) in [6, 6.07) is 3.47. The van der Waals surface area contributed by atoms with E-state index in [0.717, 1.165) is 0 Å². The lowest BCUT2D eigenvalue weighted by Gasteiger charge is -2.14. The second kappa shape index (κ2) is 5.74. The zero-order valence-corrected chi connectivity index (χ0v) is 12.3. The van der Waals surface area contributed by atoms with Crippen LogP contribution in [0.4, 0.5) is 0 Å². The van der Waals surface area contributed by atoms with Gasteiger partial charge in [-0.25, -0.2) is 0 Å². The molecule has 0 unspecified atom stereocenters. The lowest BCUT2D eigenvalue weighted by molar-refractivity contribution is -0.115. The predicted molar refractivity (Wildman–Crippen MR) is 77.7 cm³/mol. The van der Waals surface area contributed by atoms with E-state index >= 15 is 0 Å². The minimum atomic E-state index is -0.323. The Labute approximate surface area is 122 Å². The van der Waals surface area contributed by atoms with Crippen molar-refractivity contribution in [1.82, 2.24) is 10.2 Å². The first-order valence-corrected chi connectivity index (χ1v) is 6.17. The highest BCUT2D eigenvalue weighted by Gasteiger charge is 2.27. The number of nitrogens with zero attached hydrogens (tertiary/aromatic N) is 1. The van der Waals surface area contributed by atoms with Crippen LogP contribution in [0.25, 0.3) is 6.08 Å². The first kappa shape index (κ1) is 14.7. The molecule has 21 heavy (non-hydrogen) atoms. The molecule has 7 nitrogen and oxygen atoms in total. The number of carbonyl (C=O) groups is 1. The van der Waals surface area contributed by atoms with Gasteiger partial charge in [0.15, 0.2) is 11.5 Å². The number of hydrogen-bond donors (Lipinski definition) is 2. The zero-order valence-electron chi connectivity index (χ0n) is 12.3. The van der Waals surface area contributed by atoms with Crippen LogP contribution in [0.1, 0.15) is 5.56 Å². The molecule has 1 amide bonds. The summed E-state index contributed by atoms with van der Waals surface area (Å²) >= 11 is 0. The third-order valence-corrected chi connectivity index (χ3v) is 3.15. The topological polar surface area (TPSA) is 83.9 Å². The van der Waals surface area contributed by atoms with Crippen molar-refractivity contribution < 1.29 is 19.0 Å². The van der Waals surface area contributed by atoms with Crippen molar-refractivity contribution in [1.29, 1.82) is 5.41 Å². The SMILES string of the molecule is COc1cc(/C=C2\C(=O)NC(=N)N2C)cc(OC)c1OC. The first-order valence-electron chi connectivity index (χ1n) is 6.17. The number of likely N-dealkylation sites (N-methyl/N-ethyl adjacent to an activating group) is 1. The van der Waals surface area contributed by atoms with Crippen LogP contribution < -0.4 is 19.5 Å². The Kier molecular flexibility index (Phi) is 4.02. The predicted octanol–water partition coefficient (Wildman–Crippen LogP) is 1.05. The van der Waals surface area contributed by atoms with E-state index in [-0.39, 0.29) is 11.9 Å². The van der Waals surface area contributed by atoms with Gasteiger partial charge in [0.2, 0.25) is 11.7 Å². The number of rotatable bonds is 4. The molecule has 2 N–H and O–H groups in total. The maximum atomic E-state index is 11.8. The van der Waals surface area contributed by atoms with Gasteiger partial charge >= 0.3 is 0 Å². The van der Waals surface area contributed by atoms with Crippen molar-refractivity contribution in [3.63, 3.8) is 0 Å². The van der Waals surface area contributed by atoms with E-state index < -0.39 is 0 Å². The summed E-state index contributed by atoms with van der Waals surface area (Å²) in [7, 11) is 6.22. The van der Waals surface area contributed by atoms with Gasteiger partial charge in [-0.15, -0.1) is 0 Å². The molecule has 0 aromatic heterocycles. The van der Waals surface area contributed by atoms with E-state index in [9.17, 15) is 4.79 Å². The molecule has 0 aliphatic carbocycles. The van der Waals surface area contributed by atoms with Crippen molar-refractivity contribution in [2.24, 2.45) is 0 Å². The Bertz CT molecular complexity index is 600. The zero-order chi connectivity index (χ0) is 15.6. The summed E-state index contributed by atoms with van der Waals surface area (Å²) in [4.78, 5) is 13.2. The van der Waals surface area contributed by atoms with Crippen LogP contribution in [0, 0.1) is 5.41 Å². The number of amides is 1. The molecule has 0 atom stereocenters.